The van der Waals surface area contributed by atoms with E-state index in [9.17, 15) is 0 Å². The number of hydrogen-bond acceptors (Lipinski definition) is 2. The van der Waals surface area contributed by atoms with Gasteiger partial charge >= 0.3 is 0 Å². The Labute approximate surface area is 99.5 Å². The van der Waals surface area contributed by atoms with Crippen molar-refractivity contribution in [1.29, 1.82) is 0 Å². The lowest BCUT2D eigenvalue weighted by atomic mass is 10.3. The zero-order chi connectivity index (χ0) is 11.3. The second-order valence-corrected chi connectivity index (χ2v) is 5.04. The van der Waals surface area contributed by atoms with Gasteiger partial charge in [0.15, 0.2) is 5.15 Å². The molecule has 2 heterocycles. The highest BCUT2D eigenvalue weighted by atomic mass is 35.5. The maximum absolute atomic E-state index is 6.09. The molecule has 0 unspecified atom stereocenters. The monoisotopic (exact) mass is 235 g/mol. The van der Waals surface area contributed by atoms with Gasteiger partial charge in [0.1, 0.15) is 11.3 Å². The van der Waals surface area contributed by atoms with Gasteiger partial charge in [0.2, 0.25) is 0 Å². The SMILES string of the molecule is CC(C)n1c(C2CC2)nc2c(Cl)nccc21. The first-order valence-electron chi connectivity index (χ1n) is 5.71. The minimum absolute atomic E-state index is 0.416. The van der Waals surface area contributed by atoms with Crippen LogP contribution in [0.2, 0.25) is 5.15 Å². The van der Waals surface area contributed by atoms with Gasteiger partial charge in [-0.15, -0.1) is 0 Å². The average Bonchev–Trinajstić information content (AvgIpc) is 2.99. The van der Waals surface area contributed by atoms with E-state index >= 15 is 0 Å². The number of aromatic nitrogens is 3. The van der Waals surface area contributed by atoms with Crippen LogP contribution in [0.1, 0.15) is 44.5 Å². The van der Waals surface area contributed by atoms with Crippen LogP contribution in [0.15, 0.2) is 12.3 Å². The van der Waals surface area contributed by atoms with E-state index < -0.39 is 0 Å². The molecule has 1 aliphatic rings. The third-order valence-electron chi connectivity index (χ3n) is 3.05. The first-order valence-corrected chi connectivity index (χ1v) is 6.08. The van der Waals surface area contributed by atoms with Gasteiger partial charge in [0.05, 0.1) is 5.52 Å². The van der Waals surface area contributed by atoms with Crippen molar-refractivity contribution in [1.82, 2.24) is 14.5 Å². The molecule has 0 aliphatic heterocycles. The summed E-state index contributed by atoms with van der Waals surface area (Å²) < 4.78 is 2.29. The van der Waals surface area contributed by atoms with Crippen LogP contribution in [0.5, 0.6) is 0 Å². The topological polar surface area (TPSA) is 30.7 Å². The second kappa shape index (κ2) is 3.45. The van der Waals surface area contributed by atoms with Crippen molar-refractivity contribution in [2.24, 2.45) is 0 Å². The molecule has 0 radical (unpaired) electrons. The highest BCUT2D eigenvalue weighted by molar-refractivity contribution is 6.33. The average molecular weight is 236 g/mol. The van der Waals surface area contributed by atoms with Gasteiger partial charge in [0, 0.05) is 18.2 Å². The fourth-order valence-corrected chi connectivity index (χ4v) is 2.38. The van der Waals surface area contributed by atoms with E-state index in [0.717, 1.165) is 11.0 Å². The number of rotatable bonds is 2. The molecule has 4 heteroatoms. The molecule has 2 aromatic rings. The summed E-state index contributed by atoms with van der Waals surface area (Å²) in [7, 11) is 0. The Balaban J connectivity index is 2.32. The Bertz CT molecular complexity index is 540. The summed E-state index contributed by atoms with van der Waals surface area (Å²) >= 11 is 6.09. The van der Waals surface area contributed by atoms with E-state index in [4.69, 9.17) is 11.6 Å². The maximum Gasteiger partial charge on any atom is 0.156 e. The molecule has 3 nitrogen and oxygen atoms in total. The van der Waals surface area contributed by atoms with Crippen molar-refractivity contribution in [2.75, 3.05) is 0 Å². The number of halogens is 1. The van der Waals surface area contributed by atoms with Gasteiger partial charge in [-0.3, -0.25) is 0 Å². The van der Waals surface area contributed by atoms with Crippen LogP contribution >= 0.6 is 11.6 Å². The van der Waals surface area contributed by atoms with Crippen molar-refractivity contribution < 1.29 is 0 Å². The van der Waals surface area contributed by atoms with Crippen LogP contribution in [0.3, 0.4) is 0 Å². The summed E-state index contributed by atoms with van der Waals surface area (Å²) in [4.78, 5) is 8.75. The molecule has 1 saturated carbocycles. The first kappa shape index (κ1) is 10.1. The molecule has 1 aliphatic carbocycles. The molecule has 84 valence electrons. The van der Waals surface area contributed by atoms with Crippen molar-refractivity contribution in [2.45, 2.75) is 38.6 Å². The van der Waals surface area contributed by atoms with Gasteiger partial charge in [-0.2, -0.15) is 0 Å². The number of pyridine rings is 1. The highest BCUT2D eigenvalue weighted by Crippen LogP contribution is 2.42. The Morgan fingerprint density at radius 2 is 2.19 bits per heavy atom. The number of hydrogen-bond donors (Lipinski definition) is 0. The standard InChI is InChI=1S/C12H14ClN3/c1-7(2)16-9-5-6-14-11(13)10(9)15-12(16)8-3-4-8/h5-8H,3-4H2,1-2H3. The van der Waals surface area contributed by atoms with Crippen LogP contribution < -0.4 is 0 Å². The van der Waals surface area contributed by atoms with Crippen LogP contribution in [-0.2, 0) is 0 Å². The Morgan fingerprint density at radius 3 is 2.81 bits per heavy atom. The predicted molar refractivity (Wildman–Crippen MR) is 64.9 cm³/mol. The normalized spacial score (nSPS) is 16.2. The van der Waals surface area contributed by atoms with Crippen LogP contribution in [-0.4, -0.2) is 14.5 Å². The first-order chi connectivity index (χ1) is 7.68. The molecule has 0 N–H and O–H groups in total. The van der Waals surface area contributed by atoms with Crippen LogP contribution in [0, 0.1) is 0 Å². The van der Waals surface area contributed by atoms with Crippen molar-refractivity contribution in [3.05, 3.63) is 23.2 Å². The lowest BCUT2D eigenvalue weighted by Crippen LogP contribution is -2.05. The minimum Gasteiger partial charge on any atom is -0.325 e. The lowest BCUT2D eigenvalue weighted by Gasteiger charge is -2.12. The van der Waals surface area contributed by atoms with Crippen LogP contribution in [0.25, 0.3) is 11.0 Å². The molecule has 0 spiro atoms. The zero-order valence-corrected chi connectivity index (χ0v) is 10.2. The molecule has 1 fully saturated rings. The molecule has 0 amide bonds. The largest absolute Gasteiger partial charge is 0.325 e. The van der Waals surface area contributed by atoms with E-state index in [0.29, 0.717) is 17.1 Å². The molecule has 2 aromatic heterocycles. The summed E-state index contributed by atoms with van der Waals surface area (Å²) in [6.45, 7) is 4.36. The molecule has 3 rings (SSSR count). The van der Waals surface area contributed by atoms with Crippen molar-refractivity contribution in [3.63, 3.8) is 0 Å². The summed E-state index contributed by atoms with van der Waals surface area (Å²) in [5.74, 6) is 1.81. The smallest absolute Gasteiger partial charge is 0.156 e. The second-order valence-electron chi connectivity index (χ2n) is 4.68. The molecule has 0 saturated heterocycles. The third-order valence-corrected chi connectivity index (χ3v) is 3.33. The molecular formula is C12H14ClN3. The number of imidazole rings is 1. The van der Waals surface area contributed by atoms with Gasteiger partial charge in [-0.05, 0) is 32.8 Å². The molecule has 0 aromatic carbocycles. The van der Waals surface area contributed by atoms with Gasteiger partial charge in [0.25, 0.3) is 0 Å². The fraction of sp³-hybridized carbons (Fsp3) is 0.500. The highest BCUT2D eigenvalue weighted by Gasteiger charge is 2.30. The number of nitrogens with zero attached hydrogens (tertiary/aromatic N) is 3. The zero-order valence-electron chi connectivity index (χ0n) is 9.44. The molecular weight excluding hydrogens is 222 g/mol. The Morgan fingerprint density at radius 1 is 1.44 bits per heavy atom. The lowest BCUT2D eigenvalue weighted by molar-refractivity contribution is 0.585. The van der Waals surface area contributed by atoms with E-state index in [2.05, 4.69) is 28.4 Å². The fourth-order valence-electron chi connectivity index (χ4n) is 2.18. The van der Waals surface area contributed by atoms with Gasteiger partial charge in [-0.25, -0.2) is 9.97 Å². The van der Waals surface area contributed by atoms with Gasteiger partial charge in [-0.1, -0.05) is 11.6 Å². The van der Waals surface area contributed by atoms with Crippen LogP contribution in [0.4, 0.5) is 0 Å². The summed E-state index contributed by atoms with van der Waals surface area (Å²) in [6.07, 6.45) is 4.25. The Hall–Kier alpha value is -1.09. The maximum atomic E-state index is 6.09. The minimum atomic E-state index is 0.416. The molecule has 0 bridgehead atoms. The summed E-state index contributed by atoms with van der Waals surface area (Å²) in [6, 6.07) is 2.42. The quantitative estimate of drug-likeness (QED) is 0.746. The molecule has 0 atom stereocenters. The van der Waals surface area contributed by atoms with Gasteiger partial charge < -0.3 is 4.57 Å². The number of fused-ring (bicyclic) bond motifs is 1. The van der Waals surface area contributed by atoms with Crippen molar-refractivity contribution in [3.8, 4) is 0 Å². The summed E-state index contributed by atoms with van der Waals surface area (Å²) in [5, 5.41) is 0.513. The summed E-state index contributed by atoms with van der Waals surface area (Å²) in [5.41, 5.74) is 1.96. The van der Waals surface area contributed by atoms with E-state index in [1.54, 1.807) is 6.20 Å². The van der Waals surface area contributed by atoms with Crippen molar-refractivity contribution >= 4 is 22.6 Å². The van der Waals surface area contributed by atoms with E-state index in [-0.39, 0.29) is 0 Å². The van der Waals surface area contributed by atoms with E-state index in [1.165, 1.54) is 18.7 Å². The Kier molecular flexibility index (Phi) is 2.18. The van der Waals surface area contributed by atoms with E-state index in [1.807, 2.05) is 6.07 Å². The predicted octanol–water partition coefficient (Wildman–Crippen LogP) is 3.54. The molecule has 16 heavy (non-hydrogen) atoms. The third kappa shape index (κ3) is 1.42.